The van der Waals surface area contributed by atoms with Gasteiger partial charge in [-0.1, -0.05) is 38.7 Å². The lowest BCUT2D eigenvalue weighted by atomic mass is 10.2. The summed E-state index contributed by atoms with van der Waals surface area (Å²) in [6, 6.07) is 10.5. The molecule has 0 aromatic carbocycles. The Labute approximate surface area is 160 Å². The minimum absolute atomic E-state index is 0.00345. The Bertz CT molecular complexity index is 917. The molecule has 0 radical (unpaired) electrons. The smallest absolute Gasteiger partial charge is 0.253 e. The largest absolute Gasteiger partial charge is 0.352 e. The van der Waals surface area contributed by atoms with Crippen LogP contribution >= 0.6 is 0 Å². The summed E-state index contributed by atoms with van der Waals surface area (Å²) in [6.07, 6.45) is 12.4. The Morgan fingerprint density at radius 2 is 2.04 bits per heavy atom. The van der Waals surface area contributed by atoms with E-state index in [9.17, 15) is 4.79 Å². The topological polar surface area (TPSA) is 51.3 Å². The van der Waals surface area contributed by atoms with E-state index in [0.29, 0.717) is 6.04 Å². The Balaban J connectivity index is 1.63. The minimum atomic E-state index is -0.00345. The third-order valence-electron chi connectivity index (χ3n) is 5.56. The van der Waals surface area contributed by atoms with Gasteiger partial charge in [-0.25, -0.2) is 0 Å². The predicted molar refractivity (Wildman–Crippen MR) is 108 cm³/mol. The molecule has 0 atom stereocenters. The fourth-order valence-corrected chi connectivity index (χ4v) is 4.05. The summed E-state index contributed by atoms with van der Waals surface area (Å²) in [7, 11) is 0. The van der Waals surface area contributed by atoms with E-state index in [1.807, 2.05) is 30.5 Å². The number of amides is 1. The summed E-state index contributed by atoms with van der Waals surface area (Å²) >= 11 is 0. The maximum atomic E-state index is 12.7. The summed E-state index contributed by atoms with van der Waals surface area (Å²) in [5.41, 5.74) is 3.54. The first-order valence-electron chi connectivity index (χ1n) is 10.2. The second-order valence-corrected chi connectivity index (χ2v) is 7.48. The first-order valence-corrected chi connectivity index (χ1v) is 10.2. The van der Waals surface area contributed by atoms with Crippen LogP contribution in [0, 0.1) is 0 Å². The van der Waals surface area contributed by atoms with E-state index in [1.54, 1.807) is 0 Å². The SMILES string of the molecule is CCCCCNC(=O)c1cc(-c2ccn(C3CCCC3)n2)n2ccccc12. The van der Waals surface area contributed by atoms with Gasteiger partial charge in [0, 0.05) is 18.9 Å². The van der Waals surface area contributed by atoms with Crippen LogP contribution in [0.1, 0.15) is 68.3 Å². The zero-order valence-corrected chi connectivity index (χ0v) is 16.0. The quantitative estimate of drug-likeness (QED) is 0.610. The number of pyridine rings is 1. The average Bonchev–Trinajstić information content (AvgIpc) is 3.43. The molecule has 1 fully saturated rings. The lowest BCUT2D eigenvalue weighted by molar-refractivity contribution is 0.0954. The zero-order valence-electron chi connectivity index (χ0n) is 16.0. The average molecular weight is 364 g/mol. The molecule has 1 amide bonds. The minimum Gasteiger partial charge on any atom is -0.352 e. The van der Waals surface area contributed by atoms with Crippen molar-refractivity contribution in [1.82, 2.24) is 19.5 Å². The summed E-state index contributed by atoms with van der Waals surface area (Å²) in [5.74, 6) is -0.00345. The number of nitrogens with one attached hydrogen (secondary N) is 1. The summed E-state index contributed by atoms with van der Waals surface area (Å²) in [6.45, 7) is 2.89. The number of carbonyl (C=O) groups is 1. The van der Waals surface area contributed by atoms with Gasteiger partial charge in [0.1, 0.15) is 5.69 Å². The van der Waals surface area contributed by atoms with Crippen LogP contribution in [0.3, 0.4) is 0 Å². The van der Waals surface area contributed by atoms with Crippen LogP contribution < -0.4 is 5.32 Å². The summed E-state index contributed by atoms with van der Waals surface area (Å²) in [4.78, 5) is 12.7. The molecule has 4 rings (SSSR count). The highest BCUT2D eigenvalue weighted by Crippen LogP contribution is 2.31. The number of hydrogen-bond donors (Lipinski definition) is 1. The van der Waals surface area contributed by atoms with Gasteiger partial charge in [-0.2, -0.15) is 5.10 Å². The van der Waals surface area contributed by atoms with E-state index in [1.165, 1.54) is 25.7 Å². The first-order chi connectivity index (χ1) is 13.3. The Morgan fingerprint density at radius 3 is 2.85 bits per heavy atom. The molecule has 142 valence electrons. The molecule has 1 saturated carbocycles. The standard InChI is InChI=1S/C22H28N4O/c1-2-3-7-13-23-22(27)18-16-21(25-14-8-6-11-20(18)25)19-12-15-26(24-19)17-9-4-5-10-17/h6,8,11-12,14-17H,2-5,7,9-10,13H2,1H3,(H,23,27). The van der Waals surface area contributed by atoms with Crippen LogP contribution in [0.2, 0.25) is 0 Å². The van der Waals surface area contributed by atoms with Crippen molar-refractivity contribution in [3.63, 3.8) is 0 Å². The molecule has 0 spiro atoms. The number of aromatic nitrogens is 3. The highest BCUT2D eigenvalue weighted by atomic mass is 16.1. The maximum absolute atomic E-state index is 12.7. The van der Waals surface area contributed by atoms with Crippen LogP contribution in [0.15, 0.2) is 42.7 Å². The van der Waals surface area contributed by atoms with Crippen molar-refractivity contribution in [3.05, 3.63) is 48.3 Å². The number of rotatable bonds is 7. The van der Waals surface area contributed by atoms with Gasteiger partial charge in [-0.15, -0.1) is 0 Å². The molecular formula is C22H28N4O. The number of fused-ring (bicyclic) bond motifs is 1. The van der Waals surface area contributed by atoms with Gasteiger partial charge in [-0.05, 0) is 43.5 Å². The van der Waals surface area contributed by atoms with Crippen molar-refractivity contribution in [2.24, 2.45) is 0 Å². The fourth-order valence-electron chi connectivity index (χ4n) is 4.05. The zero-order chi connectivity index (χ0) is 18.6. The molecule has 5 nitrogen and oxygen atoms in total. The van der Waals surface area contributed by atoms with Gasteiger partial charge < -0.3 is 9.72 Å². The molecule has 0 bridgehead atoms. The molecular weight excluding hydrogens is 336 g/mol. The Kier molecular flexibility index (Phi) is 5.28. The molecule has 3 heterocycles. The molecule has 3 aromatic rings. The van der Waals surface area contributed by atoms with E-state index in [4.69, 9.17) is 5.10 Å². The Hall–Kier alpha value is -2.56. The third-order valence-corrected chi connectivity index (χ3v) is 5.56. The second-order valence-electron chi connectivity index (χ2n) is 7.48. The van der Waals surface area contributed by atoms with Crippen LogP contribution in [0.4, 0.5) is 0 Å². The van der Waals surface area contributed by atoms with E-state index >= 15 is 0 Å². The monoisotopic (exact) mass is 364 g/mol. The molecule has 1 aliphatic rings. The number of carbonyl (C=O) groups excluding carboxylic acids is 1. The van der Waals surface area contributed by atoms with Crippen LogP contribution in [0.5, 0.6) is 0 Å². The van der Waals surface area contributed by atoms with Crippen molar-refractivity contribution < 1.29 is 4.79 Å². The lowest BCUT2D eigenvalue weighted by Crippen LogP contribution is -2.24. The molecule has 27 heavy (non-hydrogen) atoms. The van der Waals surface area contributed by atoms with E-state index in [-0.39, 0.29) is 5.91 Å². The molecule has 3 aromatic heterocycles. The van der Waals surface area contributed by atoms with Gasteiger partial charge in [0.05, 0.1) is 22.8 Å². The van der Waals surface area contributed by atoms with Crippen LogP contribution in [0.25, 0.3) is 16.9 Å². The lowest BCUT2D eigenvalue weighted by Gasteiger charge is -2.08. The van der Waals surface area contributed by atoms with Crippen molar-refractivity contribution >= 4 is 11.4 Å². The normalized spacial score (nSPS) is 14.9. The summed E-state index contributed by atoms with van der Waals surface area (Å²) < 4.78 is 4.18. The second kappa shape index (κ2) is 7.99. The van der Waals surface area contributed by atoms with Crippen molar-refractivity contribution in [2.45, 2.75) is 57.9 Å². The summed E-state index contributed by atoms with van der Waals surface area (Å²) in [5, 5.41) is 7.90. The van der Waals surface area contributed by atoms with Crippen LogP contribution in [-0.2, 0) is 0 Å². The Morgan fingerprint density at radius 1 is 1.19 bits per heavy atom. The predicted octanol–water partition coefficient (Wildman–Crippen LogP) is 4.84. The van der Waals surface area contributed by atoms with Crippen molar-refractivity contribution in [1.29, 1.82) is 0 Å². The highest BCUT2D eigenvalue weighted by Gasteiger charge is 2.20. The number of unbranched alkanes of at least 4 members (excludes halogenated alkanes) is 2. The molecule has 0 aliphatic heterocycles. The highest BCUT2D eigenvalue weighted by molar-refractivity contribution is 6.02. The molecule has 0 saturated heterocycles. The number of hydrogen-bond acceptors (Lipinski definition) is 2. The van der Waals surface area contributed by atoms with Gasteiger partial charge in [0.15, 0.2) is 0 Å². The van der Waals surface area contributed by atoms with E-state index < -0.39 is 0 Å². The van der Waals surface area contributed by atoms with Gasteiger partial charge in [0.25, 0.3) is 5.91 Å². The van der Waals surface area contributed by atoms with E-state index in [0.717, 1.165) is 48.3 Å². The number of nitrogens with zero attached hydrogens (tertiary/aromatic N) is 3. The maximum Gasteiger partial charge on any atom is 0.253 e. The fraction of sp³-hybridized carbons (Fsp3) is 0.455. The van der Waals surface area contributed by atoms with Gasteiger partial charge in [-0.3, -0.25) is 9.48 Å². The third kappa shape index (κ3) is 3.64. The molecule has 1 aliphatic carbocycles. The van der Waals surface area contributed by atoms with Gasteiger partial charge >= 0.3 is 0 Å². The van der Waals surface area contributed by atoms with Gasteiger partial charge in [0.2, 0.25) is 0 Å². The molecule has 0 unspecified atom stereocenters. The first kappa shape index (κ1) is 17.8. The van der Waals surface area contributed by atoms with E-state index in [2.05, 4.69) is 33.6 Å². The molecule has 5 heteroatoms. The van der Waals surface area contributed by atoms with Crippen LogP contribution in [-0.4, -0.2) is 26.6 Å². The van der Waals surface area contributed by atoms with Crippen molar-refractivity contribution in [2.75, 3.05) is 6.54 Å². The molecule has 1 N–H and O–H groups in total. The van der Waals surface area contributed by atoms with Crippen molar-refractivity contribution in [3.8, 4) is 11.4 Å².